The van der Waals surface area contributed by atoms with Crippen molar-refractivity contribution >= 4 is 35.0 Å². The van der Waals surface area contributed by atoms with Gasteiger partial charge in [-0.3, -0.25) is 4.79 Å². The summed E-state index contributed by atoms with van der Waals surface area (Å²) < 4.78 is 0. The van der Waals surface area contributed by atoms with E-state index >= 15 is 0 Å². The number of carbonyl (C=O) groups excluding carboxylic acids is 1. The number of rotatable bonds is 7. The molecule has 2 N–H and O–H groups in total. The molecule has 0 radical (unpaired) electrons. The molecular weight excluding hydrogens is 506 g/mol. The van der Waals surface area contributed by atoms with Gasteiger partial charge in [0.1, 0.15) is 22.8 Å². The predicted molar refractivity (Wildman–Crippen MR) is 145 cm³/mol. The van der Waals surface area contributed by atoms with Crippen LogP contribution < -0.4 is 4.90 Å². The van der Waals surface area contributed by atoms with Crippen LogP contribution in [0.25, 0.3) is 11.1 Å². The molecule has 37 heavy (non-hydrogen) atoms. The maximum absolute atomic E-state index is 13.3. The molecule has 0 saturated carbocycles. The van der Waals surface area contributed by atoms with E-state index in [1.54, 1.807) is 53.6 Å². The third-order valence-electron chi connectivity index (χ3n) is 6.33. The van der Waals surface area contributed by atoms with Gasteiger partial charge in [-0.25, -0.2) is 4.98 Å². The van der Waals surface area contributed by atoms with Crippen molar-refractivity contribution < 1.29 is 15.0 Å². The number of phenolic OH excluding ortho intramolecular Hbond substituents is 1. The number of hydrogen-bond acceptors (Lipinski definition) is 6. The number of benzene rings is 3. The van der Waals surface area contributed by atoms with Crippen molar-refractivity contribution in [3.8, 4) is 22.9 Å². The number of carbonyl (C=O) groups is 1. The fourth-order valence-electron chi connectivity index (χ4n) is 4.33. The SMILES string of the molecule is N#Cc1ccc(-c2ccc(N3C(=O)[C@H](SC[C@H](O)c4ccc(Cl)cc4)[C@H]3c3ccc(O)cc3)cc2)cn1. The smallest absolute Gasteiger partial charge is 0.243 e. The normalized spacial score (nSPS) is 17.6. The highest BCUT2D eigenvalue weighted by Gasteiger charge is 2.49. The fourth-order valence-corrected chi connectivity index (χ4v) is 5.75. The lowest BCUT2D eigenvalue weighted by Crippen LogP contribution is -2.57. The third kappa shape index (κ3) is 5.18. The fraction of sp³-hybridized carbons (Fsp3) is 0.138. The summed E-state index contributed by atoms with van der Waals surface area (Å²) in [7, 11) is 0. The number of anilines is 1. The molecular formula is C29H22ClN3O3S. The standard InChI is InChI=1S/C29H22ClN3O3S/c30-22-8-1-19(2-9-22)26(35)17-37-28-27(20-6-13-25(34)14-7-20)33(29(28)36)24-11-4-18(5-12-24)21-3-10-23(15-31)32-16-21/h1-14,16,26-28,34-35H,17H2/t26-,27+,28+/m0/s1. The van der Waals surface area contributed by atoms with Crippen molar-refractivity contribution in [2.75, 3.05) is 10.7 Å². The summed E-state index contributed by atoms with van der Waals surface area (Å²) in [4.78, 5) is 19.2. The number of amides is 1. The Morgan fingerprint density at radius 1 is 0.973 bits per heavy atom. The Balaban J connectivity index is 1.36. The largest absolute Gasteiger partial charge is 0.508 e. The van der Waals surface area contributed by atoms with E-state index in [9.17, 15) is 15.0 Å². The molecule has 1 aliphatic rings. The molecule has 0 aliphatic carbocycles. The van der Waals surface area contributed by atoms with E-state index in [0.717, 1.165) is 27.9 Å². The predicted octanol–water partition coefficient (Wildman–Crippen LogP) is 5.90. The Bertz CT molecular complexity index is 1440. The summed E-state index contributed by atoms with van der Waals surface area (Å²) in [6.45, 7) is 0. The van der Waals surface area contributed by atoms with Crippen molar-refractivity contribution in [2.45, 2.75) is 17.4 Å². The molecule has 184 valence electrons. The highest BCUT2D eigenvalue weighted by Crippen LogP contribution is 2.46. The summed E-state index contributed by atoms with van der Waals surface area (Å²) in [5.74, 6) is 0.466. The molecule has 6 nitrogen and oxygen atoms in total. The van der Waals surface area contributed by atoms with Crippen LogP contribution in [0.3, 0.4) is 0 Å². The minimum atomic E-state index is -0.732. The molecule has 3 atom stereocenters. The highest BCUT2D eigenvalue weighted by molar-refractivity contribution is 8.00. The van der Waals surface area contributed by atoms with Gasteiger partial charge in [0.25, 0.3) is 0 Å². The molecule has 1 amide bonds. The molecule has 1 aliphatic heterocycles. The number of phenols is 1. The minimum absolute atomic E-state index is 0.0424. The zero-order valence-electron chi connectivity index (χ0n) is 19.5. The van der Waals surface area contributed by atoms with Gasteiger partial charge in [0.05, 0.1) is 12.1 Å². The average molecular weight is 528 g/mol. The molecule has 0 unspecified atom stereocenters. The van der Waals surface area contributed by atoms with E-state index in [1.807, 2.05) is 48.5 Å². The molecule has 0 spiro atoms. The third-order valence-corrected chi connectivity index (χ3v) is 7.90. The van der Waals surface area contributed by atoms with Crippen molar-refractivity contribution in [1.82, 2.24) is 4.98 Å². The van der Waals surface area contributed by atoms with Crippen LogP contribution in [0.1, 0.15) is 29.0 Å². The number of aliphatic hydroxyl groups is 1. The number of halogens is 1. The first kappa shape index (κ1) is 24.8. The lowest BCUT2D eigenvalue weighted by Gasteiger charge is -2.47. The summed E-state index contributed by atoms with van der Waals surface area (Å²) in [5, 5.41) is 29.6. The Hall–Kier alpha value is -3.83. The summed E-state index contributed by atoms with van der Waals surface area (Å²) >= 11 is 7.37. The number of thioether (sulfide) groups is 1. The Kier molecular flexibility index (Phi) is 7.15. The van der Waals surface area contributed by atoms with Crippen LogP contribution >= 0.6 is 23.4 Å². The van der Waals surface area contributed by atoms with Crippen molar-refractivity contribution in [3.63, 3.8) is 0 Å². The Morgan fingerprint density at radius 2 is 1.65 bits per heavy atom. The monoisotopic (exact) mass is 527 g/mol. The van der Waals surface area contributed by atoms with E-state index in [2.05, 4.69) is 4.98 Å². The number of aromatic hydroxyl groups is 1. The number of nitrogens with zero attached hydrogens (tertiary/aromatic N) is 3. The molecule has 2 heterocycles. The van der Waals surface area contributed by atoms with Crippen LogP contribution in [0.15, 0.2) is 91.1 Å². The Labute approximate surface area is 223 Å². The molecule has 4 aromatic rings. The molecule has 5 rings (SSSR count). The van der Waals surface area contributed by atoms with Crippen LogP contribution in [0, 0.1) is 11.3 Å². The topological polar surface area (TPSA) is 97.5 Å². The van der Waals surface area contributed by atoms with Gasteiger partial charge < -0.3 is 15.1 Å². The van der Waals surface area contributed by atoms with Gasteiger partial charge in [0.2, 0.25) is 5.91 Å². The lowest BCUT2D eigenvalue weighted by atomic mass is 9.92. The average Bonchev–Trinajstić information content (AvgIpc) is 2.93. The number of nitriles is 1. The molecule has 1 fully saturated rings. The second kappa shape index (κ2) is 10.7. The second-order valence-electron chi connectivity index (χ2n) is 8.66. The maximum Gasteiger partial charge on any atom is 0.243 e. The van der Waals surface area contributed by atoms with Gasteiger partial charge in [-0.15, -0.1) is 11.8 Å². The first-order valence-electron chi connectivity index (χ1n) is 11.6. The highest BCUT2D eigenvalue weighted by atomic mass is 35.5. The number of β-lactam (4-membered cyclic amide) rings is 1. The van der Waals surface area contributed by atoms with Crippen molar-refractivity contribution in [2.24, 2.45) is 0 Å². The van der Waals surface area contributed by atoms with Gasteiger partial charge in [0, 0.05) is 28.2 Å². The number of aliphatic hydroxyl groups excluding tert-OH is 1. The van der Waals surface area contributed by atoms with Gasteiger partial charge >= 0.3 is 0 Å². The molecule has 3 aromatic carbocycles. The van der Waals surface area contributed by atoms with E-state index in [-0.39, 0.29) is 22.9 Å². The van der Waals surface area contributed by atoms with Gasteiger partial charge in [0.15, 0.2) is 0 Å². The molecule has 8 heteroatoms. The first-order chi connectivity index (χ1) is 17.9. The summed E-state index contributed by atoms with van der Waals surface area (Å²) in [6, 6.07) is 26.8. The Morgan fingerprint density at radius 3 is 2.27 bits per heavy atom. The maximum atomic E-state index is 13.3. The van der Waals surface area contributed by atoms with Crippen molar-refractivity contribution in [3.05, 3.63) is 113 Å². The van der Waals surface area contributed by atoms with Crippen LogP contribution in [0.2, 0.25) is 5.02 Å². The van der Waals surface area contributed by atoms with Crippen LogP contribution in [0.4, 0.5) is 5.69 Å². The van der Waals surface area contributed by atoms with E-state index in [1.165, 1.54) is 11.8 Å². The zero-order valence-corrected chi connectivity index (χ0v) is 21.1. The second-order valence-corrected chi connectivity index (χ2v) is 10.3. The number of aromatic nitrogens is 1. The van der Waals surface area contributed by atoms with Crippen LogP contribution in [-0.4, -0.2) is 32.1 Å². The van der Waals surface area contributed by atoms with Gasteiger partial charge in [-0.05, 0) is 65.2 Å². The van der Waals surface area contributed by atoms with Gasteiger partial charge in [-0.2, -0.15) is 5.26 Å². The molecule has 0 bridgehead atoms. The lowest BCUT2D eigenvalue weighted by molar-refractivity contribution is -0.123. The summed E-state index contributed by atoms with van der Waals surface area (Å²) in [6.07, 6.45) is 0.921. The van der Waals surface area contributed by atoms with Crippen molar-refractivity contribution in [1.29, 1.82) is 5.26 Å². The van der Waals surface area contributed by atoms with Crippen LogP contribution in [0.5, 0.6) is 5.75 Å². The van der Waals surface area contributed by atoms with E-state index in [4.69, 9.17) is 16.9 Å². The number of pyridine rings is 1. The summed E-state index contributed by atoms with van der Waals surface area (Å²) in [5.41, 5.74) is 4.55. The molecule has 1 aromatic heterocycles. The van der Waals surface area contributed by atoms with E-state index < -0.39 is 6.10 Å². The minimum Gasteiger partial charge on any atom is -0.508 e. The first-order valence-corrected chi connectivity index (χ1v) is 13.0. The number of hydrogen-bond donors (Lipinski definition) is 2. The zero-order chi connectivity index (χ0) is 25.9. The van der Waals surface area contributed by atoms with E-state index in [0.29, 0.717) is 16.5 Å². The molecule has 1 saturated heterocycles. The van der Waals surface area contributed by atoms with Gasteiger partial charge in [-0.1, -0.05) is 48.0 Å². The quantitative estimate of drug-likeness (QED) is 0.290. The van der Waals surface area contributed by atoms with Crippen LogP contribution in [-0.2, 0) is 4.79 Å².